The predicted octanol–water partition coefficient (Wildman–Crippen LogP) is 4.12. The van der Waals surface area contributed by atoms with Crippen LogP contribution in [0.1, 0.15) is 21.9 Å². The summed E-state index contributed by atoms with van der Waals surface area (Å²) in [6, 6.07) is 16.9. The number of nitrogens with zero attached hydrogens (tertiary/aromatic N) is 3. The van der Waals surface area contributed by atoms with Crippen molar-refractivity contribution in [1.29, 1.82) is 0 Å². The van der Waals surface area contributed by atoms with Crippen LogP contribution in [0.4, 0.5) is 17.2 Å². The Balaban J connectivity index is 1.91. The Morgan fingerprint density at radius 1 is 1.04 bits per heavy atom. The number of amides is 1. The smallest absolute Gasteiger partial charge is 0.276 e. The molecule has 0 saturated heterocycles. The summed E-state index contributed by atoms with van der Waals surface area (Å²) in [4.78, 5) is 23.1. The molecule has 1 heterocycles. The molecule has 0 aliphatic carbocycles. The van der Waals surface area contributed by atoms with E-state index in [1.807, 2.05) is 55.5 Å². The molecule has 6 nitrogen and oxygen atoms in total. The molecule has 0 radical (unpaired) electrons. The molecule has 0 saturated carbocycles. The van der Waals surface area contributed by atoms with Crippen molar-refractivity contribution >= 4 is 23.1 Å². The number of carbonyl (C=O) groups is 1. The van der Waals surface area contributed by atoms with Gasteiger partial charge in [0.2, 0.25) is 0 Å². The van der Waals surface area contributed by atoms with Crippen molar-refractivity contribution in [2.24, 2.45) is 0 Å². The summed E-state index contributed by atoms with van der Waals surface area (Å²) in [5.41, 5.74) is 2.99. The number of rotatable bonds is 5. The van der Waals surface area contributed by atoms with Gasteiger partial charge < -0.3 is 15.0 Å². The minimum Gasteiger partial charge on any atom is -0.495 e. The number of benzene rings is 2. The number of ether oxygens (including phenoxy) is 1. The van der Waals surface area contributed by atoms with E-state index < -0.39 is 0 Å². The summed E-state index contributed by atoms with van der Waals surface area (Å²) in [7, 11) is 3.34. The van der Waals surface area contributed by atoms with Gasteiger partial charge in [0, 0.05) is 18.8 Å². The van der Waals surface area contributed by atoms with E-state index >= 15 is 0 Å². The minimum atomic E-state index is -0.203. The minimum absolute atomic E-state index is 0.203. The van der Waals surface area contributed by atoms with Crippen molar-refractivity contribution in [3.63, 3.8) is 0 Å². The van der Waals surface area contributed by atoms with Gasteiger partial charge in [-0.3, -0.25) is 4.79 Å². The van der Waals surface area contributed by atoms with E-state index in [0.717, 1.165) is 16.9 Å². The van der Waals surface area contributed by atoms with Gasteiger partial charge in [0.05, 0.1) is 12.8 Å². The molecule has 2 aromatic carbocycles. The summed E-state index contributed by atoms with van der Waals surface area (Å²) < 4.78 is 5.40. The monoisotopic (exact) mass is 362 g/mol. The van der Waals surface area contributed by atoms with Crippen molar-refractivity contribution in [3.8, 4) is 5.75 Å². The van der Waals surface area contributed by atoms with E-state index in [9.17, 15) is 4.79 Å². The summed E-state index contributed by atoms with van der Waals surface area (Å²) in [5.74, 6) is 1.55. The maximum Gasteiger partial charge on any atom is 0.276 e. The molecule has 1 N–H and O–H groups in total. The van der Waals surface area contributed by atoms with Crippen LogP contribution in [0.3, 0.4) is 0 Å². The zero-order valence-electron chi connectivity index (χ0n) is 15.9. The molecule has 0 fully saturated rings. The molecule has 0 aliphatic rings. The van der Waals surface area contributed by atoms with Gasteiger partial charge >= 0.3 is 0 Å². The highest BCUT2D eigenvalue weighted by Gasteiger charge is 2.17. The molecule has 0 aliphatic heterocycles. The van der Waals surface area contributed by atoms with Crippen LogP contribution in [-0.2, 0) is 0 Å². The number of aryl methyl sites for hydroxylation is 2. The number of anilines is 3. The fourth-order valence-electron chi connectivity index (χ4n) is 2.74. The van der Waals surface area contributed by atoms with Crippen LogP contribution in [0, 0.1) is 13.8 Å². The topological polar surface area (TPSA) is 67.3 Å². The fraction of sp³-hybridized carbons (Fsp3) is 0.190. The lowest BCUT2D eigenvalue weighted by Gasteiger charge is -2.18. The van der Waals surface area contributed by atoms with Gasteiger partial charge in [-0.2, -0.15) is 0 Å². The highest BCUT2D eigenvalue weighted by molar-refractivity contribution is 6.04. The molecule has 1 aromatic heterocycles. The number of para-hydroxylation sites is 1. The number of hydrogen-bond donors (Lipinski definition) is 1. The van der Waals surface area contributed by atoms with E-state index in [4.69, 9.17) is 4.74 Å². The Morgan fingerprint density at radius 2 is 1.78 bits per heavy atom. The number of methoxy groups -OCH3 is 1. The Morgan fingerprint density at radius 3 is 2.48 bits per heavy atom. The maximum absolute atomic E-state index is 12.9. The third-order valence-electron chi connectivity index (χ3n) is 4.12. The molecular formula is C21H22N4O2. The van der Waals surface area contributed by atoms with E-state index in [2.05, 4.69) is 15.3 Å². The normalized spacial score (nSPS) is 10.4. The standard InChI is InChI=1S/C21H22N4O2/c1-14-10-11-19(27-4)17(12-14)24-20-13-18(22-15(2)23-20)21(26)25(3)16-8-6-5-7-9-16/h5-13H,1-4H3,(H,22,23,24). The molecule has 1 amide bonds. The van der Waals surface area contributed by atoms with Gasteiger partial charge in [-0.1, -0.05) is 24.3 Å². The molecule has 0 atom stereocenters. The maximum atomic E-state index is 12.9. The predicted molar refractivity (Wildman–Crippen MR) is 107 cm³/mol. The quantitative estimate of drug-likeness (QED) is 0.739. The lowest BCUT2D eigenvalue weighted by molar-refractivity contribution is 0.0988. The lowest BCUT2D eigenvalue weighted by Crippen LogP contribution is -2.27. The number of nitrogens with one attached hydrogen (secondary N) is 1. The average Bonchev–Trinajstić information content (AvgIpc) is 2.67. The second kappa shape index (κ2) is 7.86. The van der Waals surface area contributed by atoms with Gasteiger partial charge in [0.25, 0.3) is 5.91 Å². The average molecular weight is 362 g/mol. The van der Waals surface area contributed by atoms with Crippen LogP contribution in [0.2, 0.25) is 0 Å². The van der Waals surface area contributed by atoms with Crippen LogP contribution in [0.15, 0.2) is 54.6 Å². The van der Waals surface area contributed by atoms with Crippen LogP contribution in [0.5, 0.6) is 5.75 Å². The third-order valence-corrected chi connectivity index (χ3v) is 4.12. The number of aromatic nitrogens is 2. The lowest BCUT2D eigenvalue weighted by atomic mass is 10.2. The SMILES string of the molecule is COc1ccc(C)cc1Nc1cc(C(=O)N(C)c2ccccc2)nc(C)n1. The van der Waals surface area contributed by atoms with E-state index in [1.165, 1.54) is 0 Å². The fourth-order valence-corrected chi connectivity index (χ4v) is 2.74. The van der Waals surface area contributed by atoms with Crippen molar-refractivity contribution in [2.75, 3.05) is 24.4 Å². The third kappa shape index (κ3) is 4.23. The summed E-state index contributed by atoms with van der Waals surface area (Å²) >= 11 is 0. The van der Waals surface area contributed by atoms with Crippen molar-refractivity contribution in [1.82, 2.24) is 9.97 Å². The Bertz CT molecular complexity index is 958. The van der Waals surface area contributed by atoms with E-state index in [-0.39, 0.29) is 5.91 Å². The first-order valence-corrected chi connectivity index (χ1v) is 8.58. The molecule has 27 heavy (non-hydrogen) atoms. The van der Waals surface area contributed by atoms with Crippen LogP contribution < -0.4 is 15.0 Å². The summed E-state index contributed by atoms with van der Waals surface area (Å²) in [6.45, 7) is 3.76. The molecule has 3 aromatic rings. The zero-order chi connectivity index (χ0) is 19.4. The van der Waals surface area contributed by atoms with Gasteiger partial charge in [0.15, 0.2) is 0 Å². The molecule has 138 valence electrons. The van der Waals surface area contributed by atoms with Gasteiger partial charge in [0.1, 0.15) is 23.1 Å². The van der Waals surface area contributed by atoms with Gasteiger partial charge in [-0.15, -0.1) is 0 Å². The Labute approximate surface area is 158 Å². The summed E-state index contributed by atoms with van der Waals surface area (Å²) in [6.07, 6.45) is 0. The van der Waals surface area contributed by atoms with Gasteiger partial charge in [-0.05, 0) is 43.7 Å². The first kappa shape index (κ1) is 18.4. The molecule has 0 bridgehead atoms. The first-order valence-electron chi connectivity index (χ1n) is 8.58. The molecular weight excluding hydrogens is 340 g/mol. The Kier molecular flexibility index (Phi) is 5.35. The summed E-state index contributed by atoms with van der Waals surface area (Å²) in [5, 5.41) is 3.23. The molecule has 6 heteroatoms. The number of hydrogen-bond acceptors (Lipinski definition) is 5. The van der Waals surface area contributed by atoms with Crippen LogP contribution >= 0.6 is 0 Å². The van der Waals surface area contributed by atoms with E-state index in [1.54, 1.807) is 32.0 Å². The zero-order valence-corrected chi connectivity index (χ0v) is 15.9. The highest BCUT2D eigenvalue weighted by atomic mass is 16.5. The molecule has 0 spiro atoms. The van der Waals surface area contributed by atoms with Crippen molar-refractivity contribution in [2.45, 2.75) is 13.8 Å². The molecule has 0 unspecified atom stereocenters. The van der Waals surface area contributed by atoms with Gasteiger partial charge in [-0.25, -0.2) is 9.97 Å². The highest BCUT2D eigenvalue weighted by Crippen LogP contribution is 2.28. The van der Waals surface area contributed by atoms with Crippen molar-refractivity contribution < 1.29 is 9.53 Å². The van der Waals surface area contributed by atoms with Crippen LogP contribution in [-0.4, -0.2) is 30.0 Å². The molecule has 3 rings (SSSR count). The number of carbonyl (C=O) groups excluding carboxylic acids is 1. The Hall–Kier alpha value is -3.41. The second-order valence-corrected chi connectivity index (χ2v) is 6.21. The van der Waals surface area contributed by atoms with Crippen LogP contribution in [0.25, 0.3) is 0 Å². The van der Waals surface area contributed by atoms with Crippen molar-refractivity contribution in [3.05, 3.63) is 71.7 Å². The first-order chi connectivity index (χ1) is 13.0. The largest absolute Gasteiger partial charge is 0.495 e. The second-order valence-electron chi connectivity index (χ2n) is 6.21. The van der Waals surface area contributed by atoms with E-state index in [0.29, 0.717) is 23.1 Å².